The molecule has 0 aromatic carbocycles. The van der Waals surface area contributed by atoms with Crippen molar-refractivity contribution in [1.29, 1.82) is 0 Å². The number of amides is 2. The van der Waals surface area contributed by atoms with Crippen LogP contribution in [0.2, 0.25) is 0 Å². The van der Waals surface area contributed by atoms with Crippen LogP contribution in [0, 0.1) is 5.92 Å². The molecule has 2 N–H and O–H groups in total. The van der Waals surface area contributed by atoms with Crippen molar-refractivity contribution in [2.75, 3.05) is 32.6 Å². The van der Waals surface area contributed by atoms with E-state index < -0.39 is 0 Å². The SMILES string of the molecule is CN(CC1CCCCC1O)C(=O)NCc1csc(N(C)C)n1. The van der Waals surface area contributed by atoms with Gasteiger partial charge in [-0.1, -0.05) is 12.8 Å². The molecule has 1 fully saturated rings. The summed E-state index contributed by atoms with van der Waals surface area (Å²) in [6.45, 7) is 1.04. The van der Waals surface area contributed by atoms with Gasteiger partial charge in [-0.05, 0) is 12.8 Å². The molecule has 7 heteroatoms. The Hall–Kier alpha value is -1.34. The van der Waals surface area contributed by atoms with E-state index in [1.54, 1.807) is 23.3 Å². The quantitative estimate of drug-likeness (QED) is 0.867. The van der Waals surface area contributed by atoms with Crippen LogP contribution in [0.4, 0.5) is 9.93 Å². The summed E-state index contributed by atoms with van der Waals surface area (Å²) in [5.41, 5.74) is 0.869. The summed E-state index contributed by atoms with van der Waals surface area (Å²) in [5, 5.41) is 15.8. The van der Waals surface area contributed by atoms with Crippen LogP contribution < -0.4 is 10.2 Å². The molecule has 1 aliphatic rings. The Bertz CT molecular complexity index is 492. The number of carbonyl (C=O) groups is 1. The van der Waals surface area contributed by atoms with Crippen molar-refractivity contribution in [1.82, 2.24) is 15.2 Å². The van der Waals surface area contributed by atoms with Gasteiger partial charge in [-0.3, -0.25) is 0 Å². The minimum Gasteiger partial charge on any atom is -0.393 e. The lowest BCUT2D eigenvalue weighted by molar-refractivity contribution is 0.0565. The molecule has 0 spiro atoms. The number of nitrogens with zero attached hydrogens (tertiary/aromatic N) is 3. The fourth-order valence-electron chi connectivity index (χ4n) is 2.72. The average Bonchev–Trinajstić information content (AvgIpc) is 2.96. The first-order valence-electron chi connectivity index (χ1n) is 7.76. The summed E-state index contributed by atoms with van der Waals surface area (Å²) in [6, 6.07) is -0.114. The first kappa shape index (κ1) is 17.0. The molecule has 6 nitrogen and oxygen atoms in total. The number of rotatable bonds is 5. The van der Waals surface area contributed by atoms with Crippen LogP contribution in [-0.4, -0.2) is 54.8 Å². The predicted octanol–water partition coefficient (Wildman–Crippen LogP) is 1.90. The number of carbonyl (C=O) groups excluding carboxylic acids is 1. The van der Waals surface area contributed by atoms with Crippen LogP contribution >= 0.6 is 11.3 Å². The molecule has 124 valence electrons. The van der Waals surface area contributed by atoms with Crippen LogP contribution in [0.25, 0.3) is 0 Å². The van der Waals surface area contributed by atoms with Crippen LogP contribution in [0.3, 0.4) is 0 Å². The van der Waals surface area contributed by atoms with Crippen molar-refractivity contribution in [3.05, 3.63) is 11.1 Å². The lowest BCUT2D eigenvalue weighted by atomic mass is 9.86. The molecule has 0 radical (unpaired) electrons. The van der Waals surface area contributed by atoms with Gasteiger partial charge in [0.05, 0.1) is 18.3 Å². The summed E-state index contributed by atoms with van der Waals surface area (Å²) < 4.78 is 0. The molecule has 0 saturated heterocycles. The van der Waals surface area contributed by atoms with Crippen LogP contribution in [0.1, 0.15) is 31.4 Å². The molecule has 0 bridgehead atoms. The first-order valence-corrected chi connectivity index (χ1v) is 8.64. The van der Waals surface area contributed by atoms with Gasteiger partial charge in [0.25, 0.3) is 0 Å². The molecule has 1 aromatic rings. The summed E-state index contributed by atoms with van der Waals surface area (Å²) in [4.78, 5) is 20.2. The largest absolute Gasteiger partial charge is 0.393 e. The topological polar surface area (TPSA) is 68.7 Å². The summed E-state index contributed by atoms with van der Waals surface area (Å²) >= 11 is 1.56. The Morgan fingerprint density at radius 1 is 1.41 bits per heavy atom. The zero-order valence-corrected chi connectivity index (χ0v) is 14.4. The van der Waals surface area contributed by atoms with Crippen molar-refractivity contribution in [2.45, 2.75) is 38.3 Å². The van der Waals surface area contributed by atoms with Crippen molar-refractivity contribution < 1.29 is 9.90 Å². The van der Waals surface area contributed by atoms with Crippen LogP contribution in [0.5, 0.6) is 0 Å². The second kappa shape index (κ2) is 7.78. The lowest BCUT2D eigenvalue weighted by Gasteiger charge is -2.31. The molecule has 1 heterocycles. The number of nitrogens with one attached hydrogen (secondary N) is 1. The molecule has 1 aliphatic carbocycles. The van der Waals surface area contributed by atoms with Crippen molar-refractivity contribution >= 4 is 22.5 Å². The van der Waals surface area contributed by atoms with E-state index in [-0.39, 0.29) is 18.1 Å². The number of anilines is 1. The summed E-state index contributed by atoms with van der Waals surface area (Å²) in [6.07, 6.45) is 3.81. The molecule has 1 saturated carbocycles. The zero-order chi connectivity index (χ0) is 16.1. The fraction of sp³-hybridized carbons (Fsp3) is 0.733. The lowest BCUT2D eigenvalue weighted by Crippen LogP contribution is -2.42. The van der Waals surface area contributed by atoms with E-state index in [0.29, 0.717) is 13.1 Å². The van der Waals surface area contributed by atoms with E-state index in [1.165, 1.54) is 0 Å². The Balaban J connectivity index is 1.78. The first-order chi connectivity index (χ1) is 10.5. The molecular weight excluding hydrogens is 300 g/mol. The van der Waals surface area contributed by atoms with Crippen molar-refractivity contribution in [2.24, 2.45) is 5.92 Å². The highest BCUT2D eigenvalue weighted by Crippen LogP contribution is 2.24. The van der Waals surface area contributed by atoms with E-state index in [9.17, 15) is 9.90 Å². The Morgan fingerprint density at radius 3 is 2.77 bits per heavy atom. The maximum atomic E-state index is 12.1. The van der Waals surface area contributed by atoms with E-state index in [1.807, 2.05) is 24.4 Å². The van der Waals surface area contributed by atoms with Gasteiger partial charge in [0.15, 0.2) is 5.13 Å². The van der Waals surface area contributed by atoms with Gasteiger partial charge in [0.2, 0.25) is 0 Å². The predicted molar refractivity (Wildman–Crippen MR) is 89.3 cm³/mol. The number of hydrogen-bond acceptors (Lipinski definition) is 5. The molecule has 1 aromatic heterocycles. The van der Waals surface area contributed by atoms with E-state index in [2.05, 4.69) is 10.3 Å². The van der Waals surface area contributed by atoms with Gasteiger partial charge in [-0.15, -0.1) is 11.3 Å². The maximum absolute atomic E-state index is 12.1. The highest BCUT2D eigenvalue weighted by Gasteiger charge is 2.25. The fourth-order valence-corrected chi connectivity index (χ4v) is 3.48. The van der Waals surface area contributed by atoms with Gasteiger partial charge in [-0.2, -0.15) is 0 Å². The molecular formula is C15H26N4O2S. The third-order valence-electron chi connectivity index (χ3n) is 4.07. The van der Waals surface area contributed by atoms with Gasteiger partial charge >= 0.3 is 6.03 Å². The molecule has 22 heavy (non-hydrogen) atoms. The molecule has 2 atom stereocenters. The van der Waals surface area contributed by atoms with E-state index >= 15 is 0 Å². The molecule has 2 amide bonds. The summed E-state index contributed by atoms with van der Waals surface area (Å²) in [5.74, 6) is 0.198. The number of aromatic nitrogens is 1. The molecule has 2 rings (SSSR count). The Kier molecular flexibility index (Phi) is 6.02. The van der Waals surface area contributed by atoms with Crippen LogP contribution in [0.15, 0.2) is 5.38 Å². The third-order valence-corrected chi connectivity index (χ3v) is 5.12. The van der Waals surface area contributed by atoms with Crippen molar-refractivity contribution in [3.8, 4) is 0 Å². The maximum Gasteiger partial charge on any atom is 0.317 e. The number of aliphatic hydroxyl groups excluding tert-OH is 1. The van der Waals surface area contributed by atoms with Crippen molar-refractivity contribution in [3.63, 3.8) is 0 Å². The minimum atomic E-state index is -0.273. The standard InChI is InChI=1S/C15H26N4O2S/c1-18(2)15-17-12(10-22-15)8-16-14(21)19(3)9-11-6-4-5-7-13(11)20/h10-11,13,20H,4-9H2,1-3H3,(H,16,21). The smallest absolute Gasteiger partial charge is 0.317 e. The third kappa shape index (κ3) is 4.58. The average molecular weight is 326 g/mol. The molecule has 2 unspecified atom stereocenters. The summed E-state index contributed by atoms with van der Waals surface area (Å²) in [7, 11) is 5.68. The second-order valence-corrected chi connectivity index (χ2v) is 7.00. The number of thiazole rings is 1. The van der Waals surface area contributed by atoms with Gasteiger partial charge in [-0.25, -0.2) is 9.78 Å². The highest BCUT2D eigenvalue weighted by molar-refractivity contribution is 7.13. The van der Waals surface area contributed by atoms with Gasteiger partial charge in [0.1, 0.15) is 0 Å². The Morgan fingerprint density at radius 2 is 2.14 bits per heavy atom. The van der Waals surface area contributed by atoms with Crippen LogP contribution in [-0.2, 0) is 6.54 Å². The normalized spacial score (nSPS) is 21.5. The van der Waals surface area contributed by atoms with E-state index in [4.69, 9.17) is 0 Å². The zero-order valence-electron chi connectivity index (χ0n) is 13.6. The van der Waals surface area contributed by atoms with Gasteiger partial charge < -0.3 is 20.2 Å². The van der Waals surface area contributed by atoms with E-state index in [0.717, 1.165) is 36.5 Å². The number of urea groups is 1. The van der Waals surface area contributed by atoms with Gasteiger partial charge in [0, 0.05) is 39.0 Å². The monoisotopic (exact) mass is 326 g/mol. The highest BCUT2D eigenvalue weighted by atomic mass is 32.1. The second-order valence-electron chi connectivity index (χ2n) is 6.17. The minimum absolute atomic E-state index is 0.114. The number of aliphatic hydroxyl groups is 1. The number of hydrogen-bond donors (Lipinski definition) is 2. The Labute approximate surface area is 136 Å². The molecule has 0 aliphatic heterocycles.